The lowest BCUT2D eigenvalue weighted by molar-refractivity contribution is -0.144. The summed E-state index contributed by atoms with van der Waals surface area (Å²) in [6.45, 7) is 2.34. The predicted molar refractivity (Wildman–Crippen MR) is 299 cm³/mol. The van der Waals surface area contributed by atoms with Crippen LogP contribution in [0.1, 0.15) is 89.7 Å². The zero-order valence-electron chi connectivity index (χ0n) is 47.7. The molecule has 2 aromatic rings. The molecule has 0 aromatic heterocycles. The number of benzene rings is 2. The number of carbonyl (C=O) groups excluding carboxylic acids is 11. The normalized spacial score (nSPS) is 13.5. The van der Waals surface area contributed by atoms with Crippen LogP contribution >= 0.6 is 0 Å². The van der Waals surface area contributed by atoms with E-state index in [1.165, 1.54) is 0 Å². The maximum absolute atomic E-state index is 14.3. The van der Waals surface area contributed by atoms with Gasteiger partial charge in [0.05, 0.1) is 57.8 Å². The second-order valence-corrected chi connectivity index (χ2v) is 19.9. The van der Waals surface area contributed by atoms with Crippen molar-refractivity contribution in [3.05, 3.63) is 71.8 Å². The number of rotatable bonds is 41. The van der Waals surface area contributed by atoms with Gasteiger partial charge in [-0.25, -0.2) is 0 Å². The fourth-order valence-electron chi connectivity index (χ4n) is 7.99. The molecule has 0 fully saturated rings. The molecule has 2 rings (SSSR count). The molecule has 33 nitrogen and oxygen atoms in total. The fourth-order valence-corrected chi connectivity index (χ4v) is 7.99. The standard InChI is InChI=1S/C54H74N12O21/c1-4-5-8-17-31(47(55)80)61-49(82)32(18-29-13-9-6-10-14-29)62-50(83)33(19-30-15-11-7-12-16-30)63-53(86)37(23-45(76)77)66-54(87)38(24-46(78)79)65-52(85)36(22-44(74)75)60-41(69)27-57-39(67)25-56-40(68)26-58-48(81)34(20-42(70)71)64-51(84)35(21-43(72)73)59-28(2)3/h6-7,9-16,28,31-38,59H,4-5,8,17-27H2,1-3H3,(H2,55,80)(H,56,68)(H,57,67)(H,58,81)(H,60,69)(H,61,82)(H,62,83)(H,63,86)(H,64,84)(H,65,85)(H,66,87)(H,70,71)(H,72,73)(H,74,75)(H,76,77)(H,78,79)/t31-,32-,33-,34-,35-,36-,37-,38-/m0/s1. The van der Waals surface area contributed by atoms with Crippen LogP contribution in [0.25, 0.3) is 0 Å². The number of carbonyl (C=O) groups is 16. The summed E-state index contributed by atoms with van der Waals surface area (Å²) in [5.41, 5.74) is 6.61. The lowest BCUT2D eigenvalue weighted by Crippen LogP contribution is -2.60. The Morgan fingerprint density at radius 1 is 0.379 bits per heavy atom. The third-order valence-electron chi connectivity index (χ3n) is 12.2. The second-order valence-electron chi connectivity index (χ2n) is 19.9. The minimum atomic E-state index is -2.22. The van der Waals surface area contributed by atoms with Crippen LogP contribution in [0.15, 0.2) is 60.7 Å². The smallest absolute Gasteiger partial charge is 0.305 e. The largest absolute Gasteiger partial charge is 0.481 e. The van der Waals surface area contributed by atoms with Gasteiger partial charge < -0.3 is 89.8 Å². The zero-order valence-corrected chi connectivity index (χ0v) is 47.7. The van der Waals surface area contributed by atoms with E-state index >= 15 is 0 Å². The predicted octanol–water partition coefficient (Wildman–Crippen LogP) is -4.98. The van der Waals surface area contributed by atoms with Crippen molar-refractivity contribution in [2.45, 2.75) is 146 Å². The number of carboxylic acid groups (broad SMARTS) is 5. The van der Waals surface area contributed by atoms with Gasteiger partial charge in [-0.05, 0) is 17.5 Å². The molecule has 87 heavy (non-hydrogen) atoms. The zero-order chi connectivity index (χ0) is 65.3. The number of unbranched alkanes of at least 4 members (excludes halogenated alkanes) is 2. The number of nitrogens with one attached hydrogen (secondary N) is 11. The van der Waals surface area contributed by atoms with Gasteiger partial charge in [-0.3, -0.25) is 76.7 Å². The molecule has 0 unspecified atom stereocenters. The van der Waals surface area contributed by atoms with Crippen LogP contribution in [-0.4, -0.2) is 194 Å². The average Bonchev–Trinajstić information content (AvgIpc) is 3.15. The van der Waals surface area contributed by atoms with Gasteiger partial charge in [0, 0.05) is 18.9 Å². The summed E-state index contributed by atoms with van der Waals surface area (Å²) in [5, 5.41) is 71.9. The Morgan fingerprint density at radius 2 is 0.690 bits per heavy atom. The lowest BCUT2D eigenvalue weighted by atomic mass is 10.0. The van der Waals surface area contributed by atoms with E-state index in [1.54, 1.807) is 74.5 Å². The third kappa shape index (κ3) is 29.8. The van der Waals surface area contributed by atoms with Gasteiger partial charge in [0.25, 0.3) is 0 Å². The van der Waals surface area contributed by atoms with Gasteiger partial charge in [-0.2, -0.15) is 0 Å². The molecule has 33 heteroatoms. The van der Waals surface area contributed by atoms with Gasteiger partial charge in [0.2, 0.25) is 65.0 Å². The van der Waals surface area contributed by atoms with Crippen LogP contribution in [0.4, 0.5) is 0 Å². The molecule has 2 aromatic carbocycles. The van der Waals surface area contributed by atoms with E-state index in [-0.39, 0.29) is 19.3 Å². The van der Waals surface area contributed by atoms with Crippen molar-refractivity contribution in [3.8, 4) is 0 Å². The van der Waals surface area contributed by atoms with E-state index in [0.29, 0.717) is 17.5 Å². The molecule has 0 heterocycles. The Morgan fingerprint density at radius 3 is 1.06 bits per heavy atom. The van der Waals surface area contributed by atoms with Crippen LogP contribution in [-0.2, 0) is 89.6 Å². The maximum Gasteiger partial charge on any atom is 0.305 e. The van der Waals surface area contributed by atoms with E-state index in [1.807, 2.05) is 28.2 Å². The summed E-state index contributed by atoms with van der Waals surface area (Å²) in [6.07, 6.45) is -3.63. The molecule has 0 saturated carbocycles. The first-order chi connectivity index (χ1) is 41.0. The van der Waals surface area contributed by atoms with Crippen LogP contribution in [0.3, 0.4) is 0 Å². The monoisotopic (exact) mass is 1230 g/mol. The number of aliphatic carboxylic acids is 5. The van der Waals surface area contributed by atoms with Crippen LogP contribution in [0, 0.1) is 0 Å². The Kier molecular flexibility index (Phi) is 31.9. The molecule has 0 spiro atoms. The van der Waals surface area contributed by atoms with Gasteiger partial charge >= 0.3 is 29.8 Å². The fraction of sp³-hybridized carbons (Fsp3) is 0.481. The topological polar surface area (TPSA) is 533 Å². The van der Waals surface area contributed by atoms with Crippen LogP contribution < -0.4 is 64.2 Å². The summed E-state index contributed by atoms with van der Waals surface area (Å²) in [6, 6.07) is 2.19. The number of amides is 11. The van der Waals surface area contributed by atoms with Crippen molar-refractivity contribution in [1.82, 2.24) is 58.5 Å². The van der Waals surface area contributed by atoms with Crippen molar-refractivity contribution in [1.29, 1.82) is 0 Å². The Balaban J connectivity index is 2.24. The highest BCUT2D eigenvalue weighted by molar-refractivity contribution is 6.00. The summed E-state index contributed by atoms with van der Waals surface area (Å²) in [5.74, 6) is -20.8. The van der Waals surface area contributed by atoms with E-state index in [9.17, 15) is 97.1 Å². The van der Waals surface area contributed by atoms with Crippen molar-refractivity contribution in [3.63, 3.8) is 0 Å². The highest BCUT2D eigenvalue weighted by Gasteiger charge is 2.36. The first kappa shape index (κ1) is 73.0. The van der Waals surface area contributed by atoms with Gasteiger partial charge in [0.15, 0.2) is 0 Å². The molecule has 8 atom stereocenters. The van der Waals surface area contributed by atoms with Crippen molar-refractivity contribution in [2.24, 2.45) is 5.73 Å². The van der Waals surface area contributed by atoms with Gasteiger partial charge in [-0.1, -0.05) is 101 Å². The number of primary amides is 1. The quantitative estimate of drug-likeness (QED) is 0.0277. The molecular formula is C54H74N12O21. The number of carboxylic acids is 5. The molecule has 0 aliphatic rings. The van der Waals surface area contributed by atoms with Gasteiger partial charge in [-0.15, -0.1) is 0 Å². The summed E-state index contributed by atoms with van der Waals surface area (Å²) in [4.78, 5) is 204. The molecule has 0 radical (unpaired) electrons. The van der Waals surface area contributed by atoms with Crippen LogP contribution in [0.5, 0.6) is 0 Å². The van der Waals surface area contributed by atoms with E-state index in [2.05, 4.69) is 37.2 Å². The highest BCUT2D eigenvalue weighted by Crippen LogP contribution is 2.11. The molecular weight excluding hydrogens is 1150 g/mol. The first-order valence-corrected chi connectivity index (χ1v) is 27.1. The SMILES string of the molecule is CCCCC[C@H](NC(=O)[C@H](Cc1ccccc1)NC(=O)[C@H](Cc1ccccc1)NC(=O)[C@H](CC(=O)O)NC(=O)[C@H](CC(=O)O)NC(=O)[C@H](CC(=O)O)NC(=O)CNC(=O)CNC(=O)CNC(=O)[C@H](CC(=O)O)NC(=O)[C@H](CC(=O)O)NC(C)C)C(N)=O. The average molecular weight is 1230 g/mol. The Bertz CT molecular complexity index is 2790. The molecule has 476 valence electrons. The Hall–Kier alpha value is -10.1. The van der Waals surface area contributed by atoms with Crippen LogP contribution in [0.2, 0.25) is 0 Å². The molecule has 0 aliphatic heterocycles. The van der Waals surface area contributed by atoms with Crippen molar-refractivity contribution in [2.75, 3.05) is 19.6 Å². The van der Waals surface area contributed by atoms with Gasteiger partial charge in [0.1, 0.15) is 42.3 Å². The van der Waals surface area contributed by atoms with E-state index in [0.717, 1.165) is 12.8 Å². The van der Waals surface area contributed by atoms with Crippen molar-refractivity contribution >= 4 is 94.8 Å². The molecule has 0 aliphatic carbocycles. The highest BCUT2D eigenvalue weighted by atomic mass is 16.4. The van der Waals surface area contributed by atoms with E-state index < -0.39 is 201 Å². The Labute approximate surface area is 497 Å². The number of hydrogen-bond donors (Lipinski definition) is 17. The minimum Gasteiger partial charge on any atom is -0.481 e. The minimum absolute atomic E-state index is 0.131. The molecule has 0 saturated heterocycles. The summed E-state index contributed by atoms with van der Waals surface area (Å²) < 4.78 is 0. The first-order valence-electron chi connectivity index (χ1n) is 27.1. The second kappa shape index (κ2) is 38.0. The molecule has 18 N–H and O–H groups in total. The molecule has 11 amide bonds. The third-order valence-corrected chi connectivity index (χ3v) is 12.2. The summed E-state index contributed by atoms with van der Waals surface area (Å²) in [7, 11) is 0. The lowest BCUT2D eigenvalue weighted by Gasteiger charge is -2.27. The number of nitrogens with two attached hydrogens (primary N) is 1. The molecule has 0 bridgehead atoms. The number of hydrogen-bond acceptors (Lipinski definition) is 17. The summed E-state index contributed by atoms with van der Waals surface area (Å²) >= 11 is 0. The van der Waals surface area contributed by atoms with E-state index in [4.69, 9.17) is 10.8 Å². The maximum atomic E-state index is 14.3. The van der Waals surface area contributed by atoms with Crippen molar-refractivity contribution < 1.29 is 102 Å².